The minimum absolute atomic E-state index is 0.209. The van der Waals surface area contributed by atoms with Gasteiger partial charge >= 0.3 is 12.0 Å². The molecule has 30 heavy (non-hydrogen) atoms. The van der Waals surface area contributed by atoms with Gasteiger partial charge in [-0.15, -0.1) is 0 Å². The number of pyridine rings is 1. The van der Waals surface area contributed by atoms with Crippen molar-refractivity contribution in [3.8, 4) is 11.9 Å². The van der Waals surface area contributed by atoms with E-state index < -0.39 is 0 Å². The van der Waals surface area contributed by atoms with Crippen LogP contribution in [0.5, 0.6) is 11.9 Å². The molecule has 0 saturated carbocycles. The Morgan fingerprint density at radius 1 is 1.23 bits per heavy atom. The van der Waals surface area contributed by atoms with Gasteiger partial charge in [-0.1, -0.05) is 19.4 Å². The molecule has 0 aliphatic carbocycles. The summed E-state index contributed by atoms with van der Waals surface area (Å²) in [6.45, 7) is 4.67. The molecule has 2 aromatic rings. The second kappa shape index (κ2) is 10.1. The first-order chi connectivity index (χ1) is 14.5. The number of fused-ring (bicyclic) bond motifs is 1. The van der Waals surface area contributed by atoms with E-state index in [0.29, 0.717) is 43.6 Å². The minimum atomic E-state index is -0.260. The van der Waals surface area contributed by atoms with Crippen LogP contribution in [0.2, 0.25) is 0 Å². The number of anilines is 2. The van der Waals surface area contributed by atoms with Gasteiger partial charge in [-0.2, -0.15) is 9.97 Å². The Balaban J connectivity index is 1.63. The standard InChI is InChI=1S/C20H29N7O3/c1-4-5-9-30-19-23-15-13-27(20(28)24-17(15)18(21)25-19)12-14-6-7-16(22-11-14)29-10-8-26(2)3/h6-7,11H,4-5,8-10,12-13H2,1-3H3,(H,24,28)(H2,21,23,25). The molecule has 0 bridgehead atoms. The predicted octanol–water partition coefficient (Wildman–Crippen LogP) is 2.12. The molecule has 10 nitrogen and oxygen atoms in total. The van der Waals surface area contributed by atoms with Crippen LogP contribution in [0.3, 0.4) is 0 Å². The van der Waals surface area contributed by atoms with Crippen LogP contribution in [-0.4, -0.2) is 64.6 Å². The van der Waals surface area contributed by atoms with E-state index in [1.807, 2.05) is 25.1 Å². The van der Waals surface area contributed by atoms with Crippen molar-refractivity contribution in [1.82, 2.24) is 24.8 Å². The van der Waals surface area contributed by atoms with Crippen LogP contribution in [-0.2, 0) is 13.1 Å². The number of rotatable bonds is 10. The number of nitrogen functional groups attached to an aromatic ring is 1. The summed E-state index contributed by atoms with van der Waals surface area (Å²) in [4.78, 5) is 29.0. The number of nitrogens with zero attached hydrogens (tertiary/aromatic N) is 5. The van der Waals surface area contributed by atoms with Gasteiger partial charge in [0.25, 0.3) is 0 Å². The van der Waals surface area contributed by atoms with E-state index in [0.717, 1.165) is 24.9 Å². The normalized spacial score (nSPS) is 13.2. The number of amides is 2. The number of ether oxygens (including phenoxy) is 2. The van der Waals surface area contributed by atoms with Crippen LogP contribution >= 0.6 is 0 Å². The number of aromatic nitrogens is 3. The lowest BCUT2D eigenvalue weighted by Gasteiger charge is -2.29. The second-order valence-electron chi connectivity index (χ2n) is 7.36. The second-order valence-corrected chi connectivity index (χ2v) is 7.36. The maximum atomic E-state index is 12.5. The molecule has 1 aliphatic rings. The Bertz CT molecular complexity index is 858. The van der Waals surface area contributed by atoms with E-state index in [1.165, 1.54) is 0 Å². The summed E-state index contributed by atoms with van der Waals surface area (Å²) in [5.41, 5.74) is 7.95. The van der Waals surface area contributed by atoms with Gasteiger partial charge in [0.2, 0.25) is 5.88 Å². The van der Waals surface area contributed by atoms with Gasteiger partial charge in [0.15, 0.2) is 5.82 Å². The quantitative estimate of drug-likeness (QED) is 0.567. The highest BCUT2D eigenvalue weighted by Crippen LogP contribution is 2.29. The molecule has 0 saturated heterocycles. The van der Waals surface area contributed by atoms with Gasteiger partial charge in [-0.25, -0.2) is 9.78 Å². The summed E-state index contributed by atoms with van der Waals surface area (Å²) >= 11 is 0. The van der Waals surface area contributed by atoms with E-state index in [4.69, 9.17) is 15.2 Å². The van der Waals surface area contributed by atoms with E-state index in [2.05, 4.69) is 27.2 Å². The molecule has 3 rings (SSSR count). The van der Waals surface area contributed by atoms with Crippen molar-refractivity contribution in [1.29, 1.82) is 0 Å². The topological polar surface area (TPSA) is 119 Å². The van der Waals surface area contributed by atoms with Crippen molar-refractivity contribution in [2.75, 3.05) is 44.9 Å². The van der Waals surface area contributed by atoms with Crippen molar-refractivity contribution >= 4 is 17.5 Å². The number of likely N-dealkylation sites (N-methyl/N-ethyl adjacent to an activating group) is 1. The van der Waals surface area contributed by atoms with Gasteiger partial charge in [0.05, 0.1) is 18.8 Å². The van der Waals surface area contributed by atoms with Gasteiger partial charge in [-0.05, 0) is 26.1 Å². The number of carbonyl (C=O) groups is 1. The summed E-state index contributed by atoms with van der Waals surface area (Å²) in [5.74, 6) is 0.767. The molecule has 2 amide bonds. The molecular formula is C20H29N7O3. The van der Waals surface area contributed by atoms with Gasteiger partial charge in [0, 0.05) is 25.4 Å². The average molecular weight is 415 g/mol. The first-order valence-corrected chi connectivity index (χ1v) is 10.0. The van der Waals surface area contributed by atoms with Crippen LogP contribution in [0.1, 0.15) is 31.0 Å². The number of carbonyl (C=O) groups excluding carboxylic acids is 1. The van der Waals surface area contributed by atoms with Crippen molar-refractivity contribution in [3.63, 3.8) is 0 Å². The Morgan fingerprint density at radius 2 is 2.07 bits per heavy atom. The highest BCUT2D eigenvalue weighted by molar-refractivity contribution is 5.94. The summed E-state index contributed by atoms with van der Waals surface area (Å²) in [6, 6.07) is 3.68. The summed E-state index contributed by atoms with van der Waals surface area (Å²) in [6.07, 6.45) is 3.63. The first-order valence-electron chi connectivity index (χ1n) is 10.0. The summed E-state index contributed by atoms with van der Waals surface area (Å²) in [7, 11) is 3.97. The predicted molar refractivity (Wildman–Crippen MR) is 113 cm³/mol. The van der Waals surface area contributed by atoms with Crippen LogP contribution in [0.4, 0.5) is 16.3 Å². The fourth-order valence-corrected chi connectivity index (χ4v) is 2.84. The molecule has 3 heterocycles. The zero-order chi connectivity index (χ0) is 21.5. The number of nitrogens with two attached hydrogens (primary N) is 1. The number of hydrogen-bond donors (Lipinski definition) is 2. The fourth-order valence-electron chi connectivity index (χ4n) is 2.84. The maximum Gasteiger partial charge on any atom is 0.322 e. The minimum Gasteiger partial charge on any atom is -0.476 e. The molecule has 3 N–H and O–H groups in total. The van der Waals surface area contributed by atoms with E-state index >= 15 is 0 Å². The highest BCUT2D eigenvalue weighted by atomic mass is 16.5. The maximum absolute atomic E-state index is 12.5. The van der Waals surface area contributed by atoms with Crippen LogP contribution in [0.25, 0.3) is 0 Å². The Kier molecular flexibility index (Phi) is 7.23. The van der Waals surface area contributed by atoms with Crippen molar-refractivity contribution in [3.05, 3.63) is 29.6 Å². The van der Waals surface area contributed by atoms with E-state index in [9.17, 15) is 4.79 Å². The molecule has 0 unspecified atom stereocenters. The third-order valence-electron chi connectivity index (χ3n) is 4.54. The average Bonchev–Trinajstić information content (AvgIpc) is 2.70. The van der Waals surface area contributed by atoms with Crippen molar-refractivity contribution in [2.24, 2.45) is 0 Å². The molecule has 162 valence electrons. The van der Waals surface area contributed by atoms with Crippen LogP contribution in [0.15, 0.2) is 18.3 Å². The lowest BCUT2D eigenvalue weighted by atomic mass is 10.2. The molecule has 10 heteroatoms. The van der Waals surface area contributed by atoms with Gasteiger partial charge < -0.3 is 30.3 Å². The zero-order valence-corrected chi connectivity index (χ0v) is 17.7. The Labute approximate surface area is 176 Å². The van der Waals surface area contributed by atoms with Gasteiger partial charge in [0.1, 0.15) is 12.3 Å². The number of unbranched alkanes of at least 4 members (excludes halogenated alkanes) is 1. The molecule has 1 aliphatic heterocycles. The molecule has 0 spiro atoms. The SMILES string of the molecule is CCCCOc1nc(N)c2c(n1)CN(Cc1ccc(OCCN(C)C)nc1)C(=O)N2. The largest absolute Gasteiger partial charge is 0.476 e. The fraction of sp³-hybridized carbons (Fsp3) is 0.500. The smallest absolute Gasteiger partial charge is 0.322 e. The Morgan fingerprint density at radius 3 is 2.77 bits per heavy atom. The molecule has 2 aromatic heterocycles. The van der Waals surface area contributed by atoms with Crippen LogP contribution < -0.4 is 20.5 Å². The monoisotopic (exact) mass is 415 g/mol. The highest BCUT2D eigenvalue weighted by Gasteiger charge is 2.27. The molecular weight excluding hydrogens is 386 g/mol. The van der Waals surface area contributed by atoms with Crippen molar-refractivity contribution < 1.29 is 14.3 Å². The molecule has 0 aromatic carbocycles. The molecule has 0 radical (unpaired) electrons. The van der Waals surface area contributed by atoms with Crippen LogP contribution in [0, 0.1) is 0 Å². The molecule has 0 atom stereocenters. The molecule has 0 fully saturated rings. The third-order valence-corrected chi connectivity index (χ3v) is 4.54. The number of hydrogen-bond acceptors (Lipinski definition) is 8. The van der Waals surface area contributed by atoms with Crippen molar-refractivity contribution in [2.45, 2.75) is 32.9 Å². The van der Waals surface area contributed by atoms with E-state index in [1.54, 1.807) is 17.2 Å². The summed E-state index contributed by atoms with van der Waals surface area (Å²) < 4.78 is 11.2. The first kappa shape index (κ1) is 21.6. The zero-order valence-electron chi connectivity index (χ0n) is 17.7. The van der Waals surface area contributed by atoms with E-state index in [-0.39, 0.29) is 17.9 Å². The third kappa shape index (κ3) is 5.69. The summed E-state index contributed by atoms with van der Waals surface area (Å²) in [5, 5.41) is 2.77. The lowest BCUT2D eigenvalue weighted by Crippen LogP contribution is -2.39. The number of nitrogens with one attached hydrogen (secondary N) is 1. The Hall–Kier alpha value is -3.14. The number of urea groups is 1. The van der Waals surface area contributed by atoms with Gasteiger partial charge in [-0.3, -0.25) is 0 Å². The lowest BCUT2D eigenvalue weighted by molar-refractivity contribution is 0.202.